The number of pyridine rings is 1. The molecule has 0 spiro atoms. The number of fused-ring (bicyclic) bond motifs is 1. The minimum Gasteiger partial charge on any atom is -0.337 e. The van der Waals surface area contributed by atoms with Crippen LogP contribution in [0.25, 0.3) is 11.0 Å². The lowest BCUT2D eigenvalue weighted by Gasteiger charge is -2.19. The smallest absolute Gasteiger partial charge is 0.255 e. The van der Waals surface area contributed by atoms with Crippen LogP contribution >= 0.6 is 0 Å². The number of halogens is 2. The van der Waals surface area contributed by atoms with Crippen LogP contribution in [0.1, 0.15) is 41.5 Å². The first-order valence-electron chi connectivity index (χ1n) is 8.32. The van der Waals surface area contributed by atoms with Crippen molar-refractivity contribution >= 4 is 16.9 Å². The van der Waals surface area contributed by atoms with Crippen LogP contribution in [0, 0.1) is 18.6 Å². The second kappa shape index (κ2) is 6.82. The summed E-state index contributed by atoms with van der Waals surface area (Å²) < 4.78 is 28.7. The maximum absolute atomic E-state index is 13.8. The third-order valence-corrected chi connectivity index (χ3v) is 4.25. The van der Waals surface area contributed by atoms with Crippen molar-refractivity contribution in [2.75, 3.05) is 7.05 Å². The van der Waals surface area contributed by atoms with Gasteiger partial charge in [0.1, 0.15) is 11.6 Å². The van der Waals surface area contributed by atoms with E-state index in [1.165, 1.54) is 17.0 Å². The lowest BCUT2D eigenvalue weighted by Crippen LogP contribution is -2.27. The molecule has 0 saturated carbocycles. The van der Waals surface area contributed by atoms with Crippen LogP contribution in [0.2, 0.25) is 0 Å². The molecule has 0 aliphatic rings. The Hall–Kier alpha value is -2.83. The van der Waals surface area contributed by atoms with E-state index in [4.69, 9.17) is 0 Å². The van der Waals surface area contributed by atoms with Crippen LogP contribution in [0.5, 0.6) is 0 Å². The van der Waals surface area contributed by atoms with E-state index in [1.54, 1.807) is 30.9 Å². The van der Waals surface area contributed by atoms with Gasteiger partial charge in [0.15, 0.2) is 5.65 Å². The van der Waals surface area contributed by atoms with Crippen molar-refractivity contribution in [3.8, 4) is 0 Å². The summed E-state index contributed by atoms with van der Waals surface area (Å²) in [6.45, 7) is 5.81. The number of amides is 1. The molecule has 2 heterocycles. The Morgan fingerprint density at radius 2 is 2.00 bits per heavy atom. The molecule has 2 aromatic heterocycles. The van der Waals surface area contributed by atoms with Crippen molar-refractivity contribution in [1.82, 2.24) is 19.7 Å². The van der Waals surface area contributed by atoms with Gasteiger partial charge in [-0.15, -0.1) is 0 Å². The van der Waals surface area contributed by atoms with E-state index in [1.807, 2.05) is 13.8 Å². The van der Waals surface area contributed by atoms with Gasteiger partial charge in [0.2, 0.25) is 0 Å². The number of rotatable bonds is 4. The summed E-state index contributed by atoms with van der Waals surface area (Å²) in [6, 6.07) is 5.24. The Labute approximate surface area is 150 Å². The molecule has 0 aliphatic heterocycles. The molecule has 0 radical (unpaired) electrons. The van der Waals surface area contributed by atoms with Crippen LogP contribution in [0.4, 0.5) is 8.78 Å². The van der Waals surface area contributed by atoms with Gasteiger partial charge in [-0.2, -0.15) is 5.10 Å². The zero-order valence-electron chi connectivity index (χ0n) is 15.1. The van der Waals surface area contributed by atoms with Gasteiger partial charge in [0.05, 0.1) is 17.5 Å². The lowest BCUT2D eigenvalue weighted by molar-refractivity contribution is 0.0783. The van der Waals surface area contributed by atoms with Crippen molar-refractivity contribution in [1.29, 1.82) is 0 Å². The van der Waals surface area contributed by atoms with Gasteiger partial charge < -0.3 is 4.90 Å². The molecule has 1 aromatic carbocycles. The molecule has 0 saturated heterocycles. The van der Waals surface area contributed by atoms with E-state index in [9.17, 15) is 13.6 Å². The number of carbonyl (C=O) groups excluding carboxylic acids is 1. The zero-order valence-corrected chi connectivity index (χ0v) is 15.1. The molecular weight excluding hydrogens is 338 g/mol. The third-order valence-electron chi connectivity index (χ3n) is 4.25. The summed E-state index contributed by atoms with van der Waals surface area (Å²) >= 11 is 0. The lowest BCUT2D eigenvalue weighted by atomic mass is 10.1. The van der Waals surface area contributed by atoms with Gasteiger partial charge in [0.25, 0.3) is 5.91 Å². The molecule has 26 heavy (non-hydrogen) atoms. The number of hydrogen-bond acceptors (Lipinski definition) is 3. The fourth-order valence-corrected chi connectivity index (χ4v) is 2.84. The first-order valence-corrected chi connectivity index (χ1v) is 8.32. The fraction of sp³-hybridized carbons (Fsp3) is 0.316. The van der Waals surface area contributed by atoms with Crippen molar-refractivity contribution in [2.24, 2.45) is 0 Å². The molecule has 0 bridgehead atoms. The molecule has 136 valence electrons. The largest absolute Gasteiger partial charge is 0.337 e. The second-order valence-electron chi connectivity index (χ2n) is 6.61. The highest BCUT2D eigenvalue weighted by Gasteiger charge is 2.19. The minimum atomic E-state index is -0.673. The zero-order chi connectivity index (χ0) is 19.0. The first-order chi connectivity index (χ1) is 12.3. The molecule has 0 atom stereocenters. The van der Waals surface area contributed by atoms with E-state index >= 15 is 0 Å². The highest BCUT2D eigenvalue weighted by molar-refractivity contribution is 5.98. The third kappa shape index (κ3) is 3.29. The molecule has 3 rings (SSSR count). The molecule has 5 nitrogen and oxygen atoms in total. The SMILES string of the molecule is Cc1nc2c(cnn2C(C)C)cc1C(=O)N(C)Cc1ccc(F)cc1F. The Kier molecular flexibility index (Phi) is 4.71. The van der Waals surface area contributed by atoms with Gasteiger partial charge in [-0.3, -0.25) is 4.79 Å². The predicted octanol–water partition coefficient (Wildman–Crippen LogP) is 3.87. The maximum atomic E-state index is 13.8. The highest BCUT2D eigenvalue weighted by atomic mass is 19.1. The van der Waals surface area contributed by atoms with Crippen molar-refractivity contribution in [2.45, 2.75) is 33.4 Å². The van der Waals surface area contributed by atoms with Crippen LogP contribution < -0.4 is 0 Å². The van der Waals surface area contributed by atoms with E-state index in [2.05, 4.69) is 10.1 Å². The number of hydrogen-bond donors (Lipinski definition) is 0. The van der Waals surface area contributed by atoms with Crippen LogP contribution in [-0.2, 0) is 6.54 Å². The number of carbonyl (C=O) groups is 1. The summed E-state index contributed by atoms with van der Waals surface area (Å²) in [4.78, 5) is 18.7. The van der Waals surface area contributed by atoms with Crippen molar-refractivity contribution < 1.29 is 13.6 Å². The van der Waals surface area contributed by atoms with E-state index in [0.29, 0.717) is 11.3 Å². The van der Waals surface area contributed by atoms with Crippen molar-refractivity contribution in [3.05, 3.63) is 58.9 Å². The molecule has 0 unspecified atom stereocenters. The van der Waals surface area contributed by atoms with Crippen LogP contribution in [-0.4, -0.2) is 32.6 Å². The number of aryl methyl sites for hydroxylation is 1. The van der Waals surface area contributed by atoms with E-state index < -0.39 is 11.6 Å². The molecule has 1 amide bonds. The van der Waals surface area contributed by atoms with Crippen LogP contribution in [0.3, 0.4) is 0 Å². The Morgan fingerprint density at radius 1 is 1.27 bits per heavy atom. The molecule has 0 aliphatic carbocycles. The molecule has 0 N–H and O–H groups in total. The quantitative estimate of drug-likeness (QED) is 0.711. The minimum absolute atomic E-state index is 0.0354. The Balaban J connectivity index is 1.90. The topological polar surface area (TPSA) is 51.0 Å². The molecule has 7 heteroatoms. The number of nitrogens with zero attached hydrogens (tertiary/aromatic N) is 4. The van der Waals surface area contributed by atoms with Gasteiger partial charge in [-0.05, 0) is 32.9 Å². The standard InChI is InChI=1S/C19H20F2N4O/c1-11(2)25-18-14(9-22-25)7-16(12(3)23-18)19(26)24(4)10-13-5-6-15(20)8-17(13)21/h5-9,11H,10H2,1-4H3. The normalized spacial score (nSPS) is 11.3. The summed E-state index contributed by atoms with van der Waals surface area (Å²) in [5, 5.41) is 5.09. The second-order valence-corrected chi connectivity index (χ2v) is 6.61. The summed E-state index contributed by atoms with van der Waals surface area (Å²) in [6.07, 6.45) is 1.68. The molecule has 0 fully saturated rings. The monoisotopic (exact) mass is 358 g/mol. The average Bonchev–Trinajstić information content (AvgIpc) is 2.98. The van der Waals surface area contributed by atoms with Gasteiger partial charge in [-0.25, -0.2) is 18.4 Å². The maximum Gasteiger partial charge on any atom is 0.255 e. The molecule has 3 aromatic rings. The number of aromatic nitrogens is 3. The summed E-state index contributed by atoms with van der Waals surface area (Å²) in [7, 11) is 1.58. The highest BCUT2D eigenvalue weighted by Crippen LogP contribution is 2.21. The van der Waals surface area contributed by atoms with Gasteiger partial charge >= 0.3 is 0 Å². The van der Waals surface area contributed by atoms with Gasteiger partial charge in [0, 0.05) is 36.7 Å². The van der Waals surface area contributed by atoms with Gasteiger partial charge in [-0.1, -0.05) is 6.07 Å². The average molecular weight is 358 g/mol. The molecular formula is C19H20F2N4O. The summed E-state index contributed by atoms with van der Waals surface area (Å²) in [5.41, 5.74) is 1.99. The van der Waals surface area contributed by atoms with E-state index in [-0.39, 0.29) is 24.1 Å². The summed E-state index contributed by atoms with van der Waals surface area (Å²) in [5.74, 6) is -1.60. The Bertz CT molecular complexity index is 981. The predicted molar refractivity (Wildman–Crippen MR) is 94.8 cm³/mol. The first kappa shape index (κ1) is 18.0. The fourth-order valence-electron chi connectivity index (χ4n) is 2.84. The van der Waals surface area contributed by atoms with Crippen molar-refractivity contribution in [3.63, 3.8) is 0 Å². The van der Waals surface area contributed by atoms with E-state index in [0.717, 1.165) is 17.1 Å². The Morgan fingerprint density at radius 3 is 2.65 bits per heavy atom. The van der Waals surface area contributed by atoms with Crippen LogP contribution in [0.15, 0.2) is 30.5 Å². The number of benzene rings is 1.